The van der Waals surface area contributed by atoms with Gasteiger partial charge in [-0.1, -0.05) is 76.6 Å². The van der Waals surface area contributed by atoms with Gasteiger partial charge in [0.15, 0.2) is 0 Å². The van der Waals surface area contributed by atoms with E-state index in [9.17, 15) is 4.79 Å². The van der Waals surface area contributed by atoms with Gasteiger partial charge < -0.3 is 9.47 Å². The third kappa shape index (κ3) is 13.8. The molecule has 0 atom stereocenters. The summed E-state index contributed by atoms with van der Waals surface area (Å²) in [5.41, 5.74) is 9.08. The van der Waals surface area contributed by atoms with E-state index in [1.54, 1.807) is 6.92 Å². The van der Waals surface area contributed by atoms with Gasteiger partial charge in [-0.15, -0.1) is 0 Å². The monoisotopic (exact) mass is 718 g/mol. The van der Waals surface area contributed by atoms with Crippen LogP contribution in [0.1, 0.15) is 37.5 Å². The highest BCUT2D eigenvalue weighted by Gasteiger charge is 2.02. The molecule has 0 aliphatic carbocycles. The van der Waals surface area contributed by atoms with Gasteiger partial charge in [0.1, 0.15) is 5.78 Å². The number of Topliss-reactive ketones (excluding diaryl/α,β-unsaturated/α-hetero) is 1. The molecule has 49 heavy (non-hydrogen) atoms. The molecule has 0 saturated carbocycles. The lowest BCUT2D eigenvalue weighted by molar-refractivity contribution is -0.116. The first-order valence-corrected chi connectivity index (χ1v) is 17.3. The fraction of sp³-hybridized carbons (Fsp3) is 0.244. The maximum atomic E-state index is 11.2. The van der Waals surface area contributed by atoms with Crippen LogP contribution in [0.5, 0.6) is 0 Å². The number of hydrogen-bond acceptors (Lipinski definition) is 7. The minimum absolute atomic E-state index is 0.174. The van der Waals surface area contributed by atoms with E-state index in [-0.39, 0.29) is 5.78 Å². The van der Waals surface area contributed by atoms with Gasteiger partial charge in [0, 0.05) is 24.1 Å². The van der Waals surface area contributed by atoms with Crippen LogP contribution in [0.25, 0.3) is 11.1 Å². The van der Waals surface area contributed by atoms with Crippen LogP contribution in [-0.4, -0.2) is 32.2 Å². The van der Waals surface area contributed by atoms with E-state index >= 15 is 0 Å². The van der Waals surface area contributed by atoms with Gasteiger partial charge in [-0.05, 0) is 122 Å². The second-order valence-electron chi connectivity index (χ2n) is 11.2. The van der Waals surface area contributed by atoms with Crippen LogP contribution in [0.4, 0.5) is 22.7 Å². The van der Waals surface area contributed by atoms with Crippen LogP contribution in [0.3, 0.4) is 0 Å². The summed E-state index contributed by atoms with van der Waals surface area (Å²) < 4.78 is 11.8. The molecule has 0 heterocycles. The molecule has 0 amide bonds. The molecule has 5 aromatic rings. The van der Waals surface area contributed by atoms with Crippen LogP contribution in [-0.2, 0) is 33.5 Å². The molecular weight excluding hydrogens is 676 g/mol. The Balaban J connectivity index is 0.000000237. The van der Waals surface area contributed by atoms with Crippen molar-refractivity contribution in [2.24, 2.45) is 20.5 Å². The number of ketones is 1. The summed E-state index contributed by atoms with van der Waals surface area (Å²) in [6.07, 6.45) is 2.31. The molecule has 0 aliphatic heterocycles. The van der Waals surface area contributed by atoms with Crippen LogP contribution < -0.4 is 0 Å². The highest BCUT2D eigenvalue weighted by atomic mass is 79.9. The molecule has 5 rings (SSSR count). The largest absolute Gasteiger partial charge is 0.381 e. The van der Waals surface area contributed by atoms with Gasteiger partial charge >= 0.3 is 0 Å². The zero-order chi connectivity index (χ0) is 34.7. The SMILES string of the molecule is CCOCCc1ccc(N=Nc2ccc(-c3ccc(CC(C)=O)cc3)cc2)cc1.CCOCCc1ccc(N=Nc2ccc(Br)cc2)cc1. The average molecular weight is 720 g/mol. The Morgan fingerprint density at radius 1 is 0.510 bits per heavy atom. The summed E-state index contributed by atoms with van der Waals surface area (Å²) in [6, 6.07) is 40.0. The molecule has 0 bridgehead atoms. The Morgan fingerprint density at radius 2 is 0.837 bits per heavy atom. The fourth-order valence-electron chi connectivity index (χ4n) is 4.69. The number of nitrogens with zero attached hydrogens (tertiary/aromatic N) is 4. The summed E-state index contributed by atoms with van der Waals surface area (Å²) >= 11 is 3.39. The van der Waals surface area contributed by atoms with Crippen molar-refractivity contribution >= 4 is 44.5 Å². The first-order valence-electron chi connectivity index (χ1n) is 16.5. The molecule has 7 nitrogen and oxygen atoms in total. The highest BCUT2D eigenvalue weighted by Crippen LogP contribution is 2.25. The van der Waals surface area contributed by atoms with E-state index in [0.717, 1.165) is 83.2 Å². The van der Waals surface area contributed by atoms with E-state index < -0.39 is 0 Å². The molecule has 0 radical (unpaired) electrons. The van der Waals surface area contributed by atoms with E-state index in [1.807, 2.05) is 111 Å². The Morgan fingerprint density at radius 3 is 1.20 bits per heavy atom. The smallest absolute Gasteiger partial charge is 0.134 e. The number of carbonyl (C=O) groups excluding carboxylic acids is 1. The Labute approximate surface area is 298 Å². The predicted octanol–water partition coefficient (Wildman–Crippen LogP) is 11.9. The third-order valence-electron chi connectivity index (χ3n) is 7.35. The second-order valence-corrected chi connectivity index (χ2v) is 12.1. The molecule has 0 N–H and O–H groups in total. The number of carbonyl (C=O) groups is 1. The number of halogens is 1. The first-order chi connectivity index (χ1) is 23.9. The maximum absolute atomic E-state index is 11.2. The summed E-state index contributed by atoms with van der Waals surface area (Å²) in [5, 5.41) is 17.1. The molecule has 252 valence electrons. The van der Waals surface area contributed by atoms with Crippen molar-refractivity contribution in [1.29, 1.82) is 0 Å². The minimum atomic E-state index is 0.174. The van der Waals surface area contributed by atoms with Crippen molar-refractivity contribution in [3.05, 3.63) is 142 Å². The standard InChI is InChI=1S/C25H26N2O2.C16H17BrN2O/c1-3-29-17-16-20-6-12-24(13-7-20)26-27-25-14-10-23(11-15-25)22-8-4-21(5-9-22)18-19(2)28;1-2-20-12-11-13-3-7-15(8-4-13)18-19-16-9-5-14(17)6-10-16/h4-15H,3,16-18H2,1-2H3;3-10H,2,11-12H2,1H3. The van der Waals surface area contributed by atoms with E-state index in [2.05, 4.69) is 60.7 Å². The van der Waals surface area contributed by atoms with Gasteiger partial charge in [-0.2, -0.15) is 20.5 Å². The first kappa shape index (κ1) is 37.2. The van der Waals surface area contributed by atoms with E-state index in [0.29, 0.717) is 6.42 Å². The zero-order valence-corrected chi connectivity index (χ0v) is 30.0. The number of ether oxygens (including phenoxy) is 2. The highest BCUT2D eigenvalue weighted by molar-refractivity contribution is 9.10. The lowest BCUT2D eigenvalue weighted by Crippen LogP contribution is -1.97. The number of hydrogen-bond donors (Lipinski definition) is 0. The van der Waals surface area contributed by atoms with Gasteiger partial charge in [0.25, 0.3) is 0 Å². The Bertz CT molecular complexity index is 1750. The second kappa shape index (κ2) is 20.7. The zero-order valence-electron chi connectivity index (χ0n) is 28.4. The van der Waals surface area contributed by atoms with E-state index in [4.69, 9.17) is 9.47 Å². The molecule has 5 aromatic carbocycles. The van der Waals surface area contributed by atoms with Crippen molar-refractivity contribution in [3.8, 4) is 11.1 Å². The third-order valence-corrected chi connectivity index (χ3v) is 7.88. The summed E-state index contributed by atoms with van der Waals surface area (Å²) in [4.78, 5) is 11.2. The predicted molar refractivity (Wildman–Crippen MR) is 202 cm³/mol. The van der Waals surface area contributed by atoms with Gasteiger partial charge in [-0.25, -0.2) is 0 Å². The normalized spacial score (nSPS) is 11.1. The van der Waals surface area contributed by atoms with Gasteiger partial charge in [0.05, 0.1) is 36.0 Å². The Hall–Kier alpha value is -4.63. The topological polar surface area (TPSA) is 85.0 Å². The Kier molecular flexibility index (Phi) is 15.7. The molecule has 0 unspecified atom stereocenters. The number of azo groups is 2. The molecule has 0 spiro atoms. The molecule has 0 fully saturated rings. The molecule has 0 saturated heterocycles. The number of rotatable bonds is 15. The van der Waals surface area contributed by atoms with Crippen LogP contribution in [0, 0.1) is 0 Å². The van der Waals surface area contributed by atoms with Crippen molar-refractivity contribution in [3.63, 3.8) is 0 Å². The molecule has 8 heteroatoms. The van der Waals surface area contributed by atoms with Crippen molar-refractivity contribution in [2.45, 2.75) is 40.0 Å². The maximum Gasteiger partial charge on any atom is 0.134 e. The summed E-state index contributed by atoms with van der Waals surface area (Å²) in [6.45, 7) is 8.63. The van der Waals surface area contributed by atoms with Crippen molar-refractivity contribution in [2.75, 3.05) is 26.4 Å². The minimum Gasteiger partial charge on any atom is -0.381 e. The van der Waals surface area contributed by atoms with Crippen molar-refractivity contribution in [1.82, 2.24) is 0 Å². The van der Waals surface area contributed by atoms with Crippen LogP contribution in [0.15, 0.2) is 146 Å². The molecule has 0 aliphatic rings. The quantitative estimate of drug-likeness (QED) is 0.0797. The van der Waals surface area contributed by atoms with Gasteiger partial charge in [-0.3, -0.25) is 4.79 Å². The lowest BCUT2D eigenvalue weighted by Gasteiger charge is -2.04. The average Bonchev–Trinajstić information content (AvgIpc) is 3.12. The molecular formula is C41H43BrN4O3. The lowest BCUT2D eigenvalue weighted by atomic mass is 10.0. The number of benzene rings is 5. The van der Waals surface area contributed by atoms with Crippen LogP contribution >= 0.6 is 15.9 Å². The van der Waals surface area contributed by atoms with Crippen LogP contribution in [0.2, 0.25) is 0 Å². The molecule has 0 aromatic heterocycles. The van der Waals surface area contributed by atoms with Gasteiger partial charge in [0.2, 0.25) is 0 Å². The fourth-order valence-corrected chi connectivity index (χ4v) is 4.95. The van der Waals surface area contributed by atoms with E-state index in [1.165, 1.54) is 11.1 Å². The summed E-state index contributed by atoms with van der Waals surface area (Å²) in [5.74, 6) is 0.174. The van der Waals surface area contributed by atoms with Crippen molar-refractivity contribution < 1.29 is 14.3 Å². The summed E-state index contributed by atoms with van der Waals surface area (Å²) in [7, 11) is 0.